The SMILES string of the molecule is CC(=O)OC[C@@H](CC(C)(C)C)c1ccc(C(C)(C)C)cc1. The summed E-state index contributed by atoms with van der Waals surface area (Å²) in [5.41, 5.74) is 2.94. The van der Waals surface area contributed by atoms with E-state index in [2.05, 4.69) is 65.8 Å². The van der Waals surface area contributed by atoms with E-state index in [9.17, 15) is 4.79 Å². The number of carbonyl (C=O) groups is 1. The Kier molecular flexibility index (Phi) is 5.61. The molecule has 0 spiro atoms. The van der Waals surface area contributed by atoms with Gasteiger partial charge in [0.25, 0.3) is 0 Å². The van der Waals surface area contributed by atoms with Crippen LogP contribution in [-0.2, 0) is 14.9 Å². The Morgan fingerprint density at radius 3 is 1.95 bits per heavy atom. The summed E-state index contributed by atoms with van der Waals surface area (Å²) < 4.78 is 5.26. The minimum absolute atomic E-state index is 0.161. The number of ether oxygens (including phenoxy) is 1. The Labute approximate surface area is 129 Å². The molecule has 0 heterocycles. The summed E-state index contributed by atoms with van der Waals surface area (Å²) in [6.45, 7) is 15.2. The molecule has 0 fully saturated rings. The zero-order valence-electron chi connectivity index (χ0n) is 14.6. The highest BCUT2D eigenvalue weighted by molar-refractivity contribution is 5.65. The molecule has 0 aliphatic rings. The van der Waals surface area contributed by atoms with Crippen molar-refractivity contribution in [3.8, 4) is 0 Å². The lowest BCUT2D eigenvalue weighted by molar-refractivity contribution is -0.141. The quantitative estimate of drug-likeness (QED) is 0.724. The Bertz CT molecular complexity index is 458. The van der Waals surface area contributed by atoms with Crippen LogP contribution in [0.15, 0.2) is 24.3 Å². The van der Waals surface area contributed by atoms with Crippen LogP contribution in [0.3, 0.4) is 0 Å². The summed E-state index contributed by atoms with van der Waals surface area (Å²) in [6.07, 6.45) is 0.995. The van der Waals surface area contributed by atoms with E-state index in [0.29, 0.717) is 6.61 Å². The molecule has 1 atom stereocenters. The summed E-state index contributed by atoms with van der Waals surface area (Å²) in [4.78, 5) is 11.1. The maximum atomic E-state index is 11.1. The topological polar surface area (TPSA) is 26.3 Å². The highest BCUT2D eigenvalue weighted by atomic mass is 16.5. The molecular weight excluding hydrogens is 260 g/mol. The Balaban J connectivity index is 2.94. The molecule has 0 saturated heterocycles. The first-order valence-corrected chi connectivity index (χ1v) is 7.73. The second-order valence-corrected chi connectivity index (χ2v) is 8.14. The molecule has 0 unspecified atom stereocenters. The molecule has 0 saturated carbocycles. The standard InChI is InChI=1S/C19H30O2/c1-14(20)21-13-16(12-18(2,3)4)15-8-10-17(11-9-15)19(5,6)7/h8-11,16H,12-13H2,1-7H3/t16-/m1/s1. The van der Waals surface area contributed by atoms with E-state index < -0.39 is 0 Å². The maximum Gasteiger partial charge on any atom is 0.302 e. The monoisotopic (exact) mass is 290 g/mol. The molecule has 118 valence electrons. The predicted molar refractivity (Wildman–Crippen MR) is 88.6 cm³/mol. The van der Waals surface area contributed by atoms with Crippen molar-refractivity contribution in [1.82, 2.24) is 0 Å². The summed E-state index contributed by atoms with van der Waals surface area (Å²) in [6, 6.07) is 8.75. The van der Waals surface area contributed by atoms with Crippen molar-refractivity contribution in [2.24, 2.45) is 5.41 Å². The first kappa shape index (κ1) is 17.7. The van der Waals surface area contributed by atoms with Crippen molar-refractivity contribution in [3.63, 3.8) is 0 Å². The second-order valence-electron chi connectivity index (χ2n) is 8.14. The van der Waals surface area contributed by atoms with Gasteiger partial charge in [-0.25, -0.2) is 0 Å². The summed E-state index contributed by atoms with van der Waals surface area (Å²) in [5, 5.41) is 0. The minimum Gasteiger partial charge on any atom is -0.465 e. The van der Waals surface area contributed by atoms with Crippen molar-refractivity contribution >= 4 is 5.97 Å². The van der Waals surface area contributed by atoms with Gasteiger partial charge in [0, 0.05) is 12.8 Å². The molecule has 2 heteroatoms. The molecule has 1 aromatic carbocycles. The number of rotatable bonds is 4. The fraction of sp³-hybridized carbons (Fsp3) is 0.632. The minimum atomic E-state index is -0.208. The van der Waals surface area contributed by atoms with Crippen LogP contribution in [0, 0.1) is 5.41 Å². The average Bonchev–Trinajstić information content (AvgIpc) is 2.32. The van der Waals surface area contributed by atoms with Crippen LogP contribution < -0.4 is 0 Å². The fourth-order valence-corrected chi connectivity index (χ4v) is 2.49. The van der Waals surface area contributed by atoms with Gasteiger partial charge in [0.2, 0.25) is 0 Å². The van der Waals surface area contributed by atoms with Crippen molar-refractivity contribution in [1.29, 1.82) is 0 Å². The second kappa shape index (κ2) is 6.64. The van der Waals surface area contributed by atoms with Crippen LogP contribution in [-0.4, -0.2) is 12.6 Å². The van der Waals surface area contributed by atoms with Gasteiger partial charge < -0.3 is 4.74 Å². The molecule has 0 bridgehead atoms. The highest BCUT2D eigenvalue weighted by Crippen LogP contribution is 2.32. The highest BCUT2D eigenvalue weighted by Gasteiger charge is 2.22. The van der Waals surface area contributed by atoms with Gasteiger partial charge in [0.15, 0.2) is 0 Å². The molecular formula is C19H30O2. The number of hydrogen-bond donors (Lipinski definition) is 0. The fourth-order valence-electron chi connectivity index (χ4n) is 2.49. The summed E-state index contributed by atoms with van der Waals surface area (Å²) >= 11 is 0. The Hall–Kier alpha value is -1.31. The van der Waals surface area contributed by atoms with E-state index in [0.717, 1.165) is 6.42 Å². The smallest absolute Gasteiger partial charge is 0.302 e. The van der Waals surface area contributed by atoms with E-state index in [1.807, 2.05) is 0 Å². The van der Waals surface area contributed by atoms with Gasteiger partial charge in [0.05, 0.1) is 6.61 Å². The van der Waals surface area contributed by atoms with E-state index in [1.165, 1.54) is 18.1 Å². The van der Waals surface area contributed by atoms with Gasteiger partial charge in [0.1, 0.15) is 0 Å². The van der Waals surface area contributed by atoms with Crippen molar-refractivity contribution in [3.05, 3.63) is 35.4 Å². The van der Waals surface area contributed by atoms with Crippen molar-refractivity contribution in [2.45, 2.75) is 66.2 Å². The first-order valence-electron chi connectivity index (χ1n) is 7.73. The third-order valence-electron chi connectivity index (χ3n) is 3.59. The number of benzene rings is 1. The van der Waals surface area contributed by atoms with Crippen LogP contribution in [0.25, 0.3) is 0 Å². The molecule has 2 nitrogen and oxygen atoms in total. The normalized spacial score (nSPS) is 13.9. The Morgan fingerprint density at radius 1 is 1.05 bits per heavy atom. The zero-order valence-corrected chi connectivity index (χ0v) is 14.6. The van der Waals surface area contributed by atoms with E-state index in [1.54, 1.807) is 0 Å². The zero-order chi connectivity index (χ0) is 16.3. The van der Waals surface area contributed by atoms with Gasteiger partial charge in [-0.05, 0) is 28.4 Å². The number of esters is 1. The maximum absolute atomic E-state index is 11.1. The van der Waals surface area contributed by atoms with Gasteiger partial charge in [-0.1, -0.05) is 65.8 Å². The van der Waals surface area contributed by atoms with Crippen LogP contribution in [0.4, 0.5) is 0 Å². The van der Waals surface area contributed by atoms with Crippen LogP contribution >= 0.6 is 0 Å². The van der Waals surface area contributed by atoms with Gasteiger partial charge in [-0.15, -0.1) is 0 Å². The third kappa shape index (κ3) is 6.33. The van der Waals surface area contributed by atoms with Gasteiger partial charge in [-0.3, -0.25) is 4.79 Å². The molecule has 0 N–H and O–H groups in total. The molecule has 1 rings (SSSR count). The lowest BCUT2D eigenvalue weighted by Crippen LogP contribution is -2.18. The molecule has 1 aromatic rings. The van der Waals surface area contributed by atoms with Crippen molar-refractivity contribution in [2.75, 3.05) is 6.61 Å². The first-order chi connectivity index (χ1) is 9.49. The van der Waals surface area contributed by atoms with E-state index in [4.69, 9.17) is 4.74 Å². The third-order valence-corrected chi connectivity index (χ3v) is 3.59. The lowest BCUT2D eigenvalue weighted by atomic mass is 9.80. The van der Waals surface area contributed by atoms with Gasteiger partial charge in [-0.2, -0.15) is 0 Å². The molecule has 0 aliphatic heterocycles. The van der Waals surface area contributed by atoms with Gasteiger partial charge >= 0.3 is 5.97 Å². The van der Waals surface area contributed by atoms with E-state index >= 15 is 0 Å². The predicted octanol–water partition coefficient (Wildman–Crippen LogP) is 5.07. The molecule has 0 amide bonds. The largest absolute Gasteiger partial charge is 0.465 e. The van der Waals surface area contributed by atoms with Crippen LogP contribution in [0.1, 0.15) is 71.9 Å². The van der Waals surface area contributed by atoms with Crippen LogP contribution in [0.2, 0.25) is 0 Å². The molecule has 21 heavy (non-hydrogen) atoms. The number of carbonyl (C=O) groups excluding carboxylic acids is 1. The molecule has 0 aliphatic carbocycles. The molecule has 0 radical (unpaired) electrons. The molecule has 0 aromatic heterocycles. The van der Waals surface area contributed by atoms with Crippen LogP contribution in [0.5, 0.6) is 0 Å². The lowest BCUT2D eigenvalue weighted by Gasteiger charge is -2.27. The Morgan fingerprint density at radius 2 is 1.57 bits per heavy atom. The average molecular weight is 290 g/mol. The van der Waals surface area contributed by atoms with Crippen molar-refractivity contribution < 1.29 is 9.53 Å². The summed E-state index contributed by atoms with van der Waals surface area (Å²) in [7, 11) is 0. The van der Waals surface area contributed by atoms with E-state index in [-0.39, 0.29) is 22.7 Å². The number of hydrogen-bond acceptors (Lipinski definition) is 2. The summed E-state index contributed by atoms with van der Waals surface area (Å²) in [5.74, 6) is 0.0446.